The molecule has 2 heterocycles. The highest BCUT2D eigenvalue weighted by Gasteiger charge is 2.24. The number of nitrogens with one attached hydrogen (secondary N) is 1. The van der Waals surface area contributed by atoms with Crippen molar-refractivity contribution in [2.24, 2.45) is 11.3 Å². The van der Waals surface area contributed by atoms with Gasteiger partial charge in [-0.05, 0) is 31.8 Å². The lowest BCUT2D eigenvalue weighted by atomic mass is 9.93. The molecule has 23 heavy (non-hydrogen) atoms. The van der Waals surface area contributed by atoms with Crippen molar-refractivity contribution in [1.29, 1.82) is 0 Å². The number of aromatic nitrogens is 1. The molecule has 1 N–H and O–H groups in total. The van der Waals surface area contributed by atoms with Crippen molar-refractivity contribution in [1.82, 2.24) is 15.2 Å². The van der Waals surface area contributed by atoms with Crippen molar-refractivity contribution >= 4 is 5.91 Å². The number of likely N-dealkylation sites (tertiary alicyclic amines) is 1. The van der Waals surface area contributed by atoms with Crippen LogP contribution in [0, 0.1) is 11.3 Å². The molecular weight excluding hydrogens is 290 g/mol. The van der Waals surface area contributed by atoms with E-state index in [1.54, 1.807) is 6.26 Å². The van der Waals surface area contributed by atoms with Crippen LogP contribution >= 0.6 is 0 Å². The molecule has 0 unspecified atom stereocenters. The molecule has 1 fully saturated rings. The predicted octanol–water partition coefficient (Wildman–Crippen LogP) is 3.17. The average molecular weight is 321 g/mol. The largest absolute Gasteiger partial charge is 0.448 e. The van der Waals surface area contributed by atoms with Crippen molar-refractivity contribution in [2.75, 3.05) is 19.6 Å². The summed E-state index contributed by atoms with van der Waals surface area (Å²) >= 11 is 0. The van der Waals surface area contributed by atoms with Gasteiger partial charge in [0.05, 0.1) is 5.69 Å². The number of piperidine rings is 1. The van der Waals surface area contributed by atoms with Gasteiger partial charge in [0, 0.05) is 24.4 Å². The van der Waals surface area contributed by atoms with E-state index >= 15 is 0 Å². The van der Waals surface area contributed by atoms with Crippen LogP contribution in [-0.2, 0) is 11.3 Å². The lowest BCUT2D eigenvalue weighted by Gasteiger charge is -2.32. The highest BCUT2D eigenvalue weighted by atomic mass is 16.3. The Balaban J connectivity index is 1.72. The summed E-state index contributed by atoms with van der Waals surface area (Å²) in [7, 11) is 0. The van der Waals surface area contributed by atoms with E-state index < -0.39 is 0 Å². The zero-order chi connectivity index (χ0) is 17.0. The quantitative estimate of drug-likeness (QED) is 0.905. The minimum absolute atomic E-state index is 0.142. The second kappa shape index (κ2) is 7.47. The first-order chi connectivity index (χ1) is 10.8. The van der Waals surface area contributed by atoms with Gasteiger partial charge in [-0.25, -0.2) is 4.98 Å². The average Bonchev–Trinajstić information content (AvgIpc) is 2.94. The van der Waals surface area contributed by atoms with E-state index in [1.807, 2.05) is 20.8 Å². The Kier molecular flexibility index (Phi) is 5.84. The van der Waals surface area contributed by atoms with Crippen LogP contribution in [-0.4, -0.2) is 35.4 Å². The van der Waals surface area contributed by atoms with Crippen LogP contribution in [0.4, 0.5) is 0 Å². The van der Waals surface area contributed by atoms with E-state index in [-0.39, 0.29) is 11.3 Å². The summed E-state index contributed by atoms with van der Waals surface area (Å²) in [5, 5.41) is 3.09. The van der Waals surface area contributed by atoms with Gasteiger partial charge in [0.2, 0.25) is 5.91 Å². The first kappa shape index (κ1) is 18.0. The van der Waals surface area contributed by atoms with Crippen molar-refractivity contribution in [2.45, 2.75) is 59.9 Å². The first-order valence-corrected chi connectivity index (χ1v) is 8.70. The van der Waals surface area contributed by atoms with Gasteiger partial charge in [-0.3, -0.25) is 9.69 Å². The van der Waals surface area contributed by atoms with Crippen LogP contribution in [0.2, 0.25) is 0 Å². The minimum atomic E-state index is -0.304. The third-order valence-corrected chi connectivity index (χ3v) is 4.39. The Morgan fingerprint density at radius 1 is 1.39 bits per heavy atom. The van der Waals surface area contributed by atoms with Crippen LogP contribution in [0.15, 0.2) is 10.7 Å². The van der Waals surface area contributed by atoms with Crippen molar-refractivity contribution in [3.8, 4) is 0 Å². The molecule has 1 aromatic rings. The van der Waals surface area contributed by atoms with E-state index in [0.717, 1.165) is 50.6 Å². The molecule has 1 saturated heterocycles. The highest BCUT2D eigenvalue weighted by molar-refractivity contribution is 5.81. The Hall–Kier alpha value is -1.36. The van der Waals surface area contributed by atoms with Gasteiger partial charge >= 0.3 is 0 Å². The Morgan fingerprint density at radius 2 is 2.04 bits per heavy atom. The third-order valence-electron chi connectivity index (χ3n) is 4.39. The summed E-state index contributed by atoms with van der Waals surface area (Å²) in [4.78, 5) is 18.9. The van der Waals surface area contributed by atoms with Crippen molar-refractivity contribution in [3.63, 3.8) is 0 Å². The van der Waals surface area contributed by atoms with Crippen LogP contribution in [0.5, 0.6) is 0 Å². The second-order valence-electron chi connectivity index (χ2n) is 8.01. The summed E-state index contributed by atoms with van der Waals surface area (Å²) in [6.45, 7) is 13.8. The van der Waals surface area contributed by atoms with Crippen LogP contribution in [0.3, 0.4) is 0 Å². The molecule has 0 atom stereocenters. The summed E-state index contributed by atoms with van der Waals surface area (Å²) in [6.07, 6.45) is 4.03. The van der Waals surface area contributed by atoms with Crippen LogP contribution < -0.4 is 5.32 Å². The molecule has 0 spiro atoms. The predicted molar refractivity (Wildman–Crippen MR) is 91.1 cm³/mol. The van der Waals surface area contributed by atoms with E-state index in [0.29, 0.717) is 11.8 Å². The lowest BCUT2D eigenvalue weighted by Crippen LogP contribution is -2.41. The fraction of sp³-hybridized carbons (Fsp3) is 0.778. The van der Waals surface area contributed by atoms with E-state index in [9.17, 15) is 4.79 Å². The molecule has 1 amide bonds. The molecule has 1 aliphatic heterocycles. The standard InChI is InChI=1S/C18H31N3O2/c1-13(2)16-20-15(12-23-16)11-21-8-6-14(7-9-21)10-19-17(22)18(3,4)5/h12-14H,6-11H2,1-5H3,(H,19,22). The monoisotopic (exact) mass is 321 g/mol. The molecule has 0 aliphatic carbocycles. The molecule has 0 saturated carbocycles. The number of rotatable bonds is 5. The Labute approximate surface area is 139 Å². The maximum Gasteiger partial charge on any atom is 0.225 e. The number of carbonyl (C=O) groups is 1. The van der Waals surface area contributed by atoms with Gasteiger partial charge in [-0.15, -0.1) is 0 Å². The smallest absolute Gasteiger partial charge is 0.225 e. The summed E-state index contributed by atoms with van der Waals surface area (Å²) in [5.41, 5.74) is 0.718. The van der Waals surface area contributed by atoms with Gasteiger partial charge in [0.25, 0.3) is 0 Å². The number of hydrogen-bond donors (Lipinski definition) is 1. The zero-order valence-electron chi connectivity index (χ0n) is 15.2. The maximum absolute atomic E-state index is 11.9. The number of oxazole rings is 1. The van der Waals surface area contributed by atoms with Gasteiger partial charge < -0.3 is 9.73 Å². The molecule has 5 nitrogen and oxygen atoms in total. The van der Waals surface area contributed by atoms with Crippen LogP contribution in [0.25, 0.3) is 0 Å². The molecule has 5 heteroatoms. The lowest BCUT2D eigenvalue weighted by molar-refractivity contribution is -0.128. The van der Waals surface area contributed by atoms with Crippen molar-refractivity contribution < 1.29 is 9.21 Å². The number of nitrogens with zero attached hydrogens (tertiary/aromatic N) is 2. The Morgan fingerprint density at radius 3 is 2.57 bits per heavy atom. The zero-order valence-corrected chi connectivity index (χ0v) is 15.2. The second-order valence-corrected chi connectivity index (χ2v) is 8.01. The first-order valence-electron chi connectivity index (χ1n) is 8.70. The van der Waals surface area contributed by atoms with Crippen molar-refractivity contribution in [3.05, 3.63) is 17.8 Å². The van der Waals surface area contributed by atoms with Gasteiger partial charge in [0.15, 0.2) is 5.89 Å². The summed E-state index contributed by atoms with van der Waals surface area (Å²) in [5.74, 6) is 1.88. The third kappa shape index (κ3) is 5.34. The molecule has 1 aliphatic rings. The number of hydrogen-bond acceptors (Lipinski definition) is 4. The number of carbonyl (C=O) groups excluding carboxylic acids is 1. The fourth-order valence-electron chi connectivity index (χ4n) is 2.74. The number of amides is 1. The van der Waals surface area contributed by atoms with Gasteiger partial charge in [-0.2, -0.15) is 0 Å². The molecule has 0 bridgehead atoms. The topological polar surface area (TPSA) is 58.4 Å². The van der Waals surface area contributed by atoms with E-state index in [4.69, 9.17) is 4.42 Å². The Bertz CT molecular complexity index is 509. The molecular formula is C18H31N3O2. The highest BCUT2D eigenvalue weighted by Crippen LogP contribution is 2.20. The van der Waals surface area contributed by atoms with Gasteiger partial charge in [-0.1, -0.05) is 34.6 Å². The molecule has 2 rings (SSSR count). The normalized spacial score (nSPS) is 17.7. The van der Waals surface area contributed by atoms with E-state index in [1.165, 1.54) is 0 Å². The fourth-order valence-corrected chi connectivity index (χ4v) is 2.74. The van der Waals surface area contributed by atoms with E-state index in [2.05, 4.69) is 29.0 Å². The maximum atomic E-state index is 11.9. The molecule has 0 radical (unpaired) electrons. The minimum Gasteiger partial charge on any atom is -0.448 e. The SMILES string of the molecule is CC(C)c1nc(CN2CCC(CNC(=O)C(C)(C)C)CC2)co1. The molecule has 1 aromatic heterocycles. The summed E-state index contributed by atoms with van der Waals surface area (Å²) < 4.78 is 5.50. The molecule has 130 valence electrons. The summed E-state index contributed by atoms with van der Waals surface area (Å²) in [6, 6.07) is 0. The van der Waals surface area contributed by atoms with Gasteiger partial charge in [0.1, 0.15) is 6.26 Å². The molecule has 0 aromatic carbocycles. The van der Waals surface area contributed by atoms with Crippen LogP contribution in [0.1, 0.15) is 65.0 Å².